The number of nitrogens with zero attached hydrogens (tertiary/aromatic N) is 2. The molecule has 8 heteroatoms. The van der Waals surface area contributed by atoms with Crippen molar-refractivity contribution in [3.63, 3.8) is 0 Å². The summed E-state index contributed by atoms with van der Waals surface area (Å²) < 4.78 is 35.9. The molecule has 0 spiro atoms. The van der Waals surface area contributed by atoms with E-state index in [0.29, 0.717) is 5.75 Å². The van der Waals surface area contributed by atoms with E-state index in [0.717, 1.165) is 40.0 Å². The zero-order valence-corrected chi connectivity index (χ0v) is 21.4. The smallest absolute Gasteiger partial charge is 0.297 e. The van der Waals surface area contributed by atoms with Crippen molar-refractivity contribution < 1.29 is 22.4 Å². The third-order valence-corrected chi connectivity index (χ3v) is 7.26. The molecule has 4 rings (SSSR count). The normalized spacial score (nSPS) is 12.4. The molecule has 1 N–H and O–H groups in total. The first-order valence-corrected chi connectivity index (χ1v) is 13.2. The molecule has 4 aromatic rings. The summed E-state index contributed by atoms with van der Waals surface area (Å²) in [6, 6.07) is 24.0. The molecule has 36 heavy (non-hydrogen) atoms. The molecule has 0 aliphatic rings. The van der Waals surface area contributed by atoms with Crippen LogP contribution in [0.25, 0.3) is 22.2 Å². The van der Waals surface area contributed by atoms with Gasteiger partial charge in [-0.2, -0.15) is 8.42 Å². The molecule has 0 fully saturated rings. The number of rotatable bonds is 10. The first-order valence-electron chi connectivity index (χ1n) is 11.7. The molecule has 0 saturated carbocycles. The highest BCUT2D eigenvalue weighted by Gasteiger charge is 2.19. The minimum Gasteiger partial charge on any atom is -0.485 e. The van der Waals surface area contributed by atoms with Gasteiger partial charge in [0, 0.05) is 36.3 Å². The van der Waals surface area contributed by atoms with Crippen LogP contribution in [0.5, 0.6) is 5.75 Å². The number of benzene rings is 3. The number of ether oxygens (including phenoxy) is 1. The summed E-state index contributed by atoms with van der Waals surface area (Å²) >= 11 is 0. The lowest BCUT2D eigenvalue weighted by Crippen LogP contribution is -2.28. The number of hydrogen-bond donors (Lipinski definition) is 1. The Bertz CT molecular complexity index is 1420. The molecule has 0 amide bonds. The molecule has 0 radical (unpaired) electrons. The third kappa shape index (κ3) is 6.02. The first kappa shape index (κ1) is 25.6. The van der Waals surface area contributed by atoms with Gasteiger partial charge in [-0.05, 0) is 56.3 Å². The van der Waals surface area contributed by atoms with Gasteiger partial charge in [-0.3, -0.25) is 4.18 Å². The van der Waals surface area contributed by atoms with Crippen molar-refractivity contribution in [2.75, 3.05) is 31.7 Å². The van der Waals surface area contributed by atoms with Crippen molar-refractivity contribution in [2.24, 2.45) is 0 Å². The summed E-state index contributed by atoms with van der Waals surface area (Å²) in [7, 11) is -1.91. The quantitative estimate of drug-likeness (QED) is 0.309. The minimum atomic E-state index is -3.96. The standard InChI is InChI=1S/C28H30N2O5S/c1-4-30(3)23-11-7-21(8-12-23)27-16-10-22-9-13-24(17-28(22)29-27)35-25(18-31)19-34-36(32,33)26-14-5-20(2)6-15-26/h5-17,25,31H,4,18-19H2,1-3H3. The second kappa shape index (κ2) is 11.1. The van der Waals surface area contributed by atoms with E-state index in [2.05, 4.69) is 24.0 Å². The van der Waals surface area contributed by atoms with Crippen molar-refractivity contribution in [1.82, 2.24) is 4.98 Å². The number of hydrogen-bond acceptors (Lipinski definition) is 7. The van der Waals surface area contributed by atoms with Crippen LogP contribution in [0, 0.1) is 6.92 Å². The van der Waals surface area contributed by atoms with Gasteiger partial charge in [0.25, 0.3) is 10.1 Å². The predicted octanol–water partition coefficient (Wildman–Crippen LogP) is 4.81. The minimum absolute atomic E-state index is 0.0570. The monoisotopic (exact) mass is 506 g/mol. The molecule has 0 aliphatic heterocycles. The second-order valence-corrected chi connectivity index (χ2v) is 10.2. The second-order valence-electron chi connectivity index (χ2n) is 8.59. The Hall–Kier alpha value is -3.46. The average Bonchev–Trinajstić information content (AvgIpc) is 2.90. The fraction of sp³-hybridized carbons (Fsp3) is 0.250. The van der Waals surface area contributed by atoms with E-state index in [1.807, 2.05) is 44.3 Å². The van der Waals surface area contributed by atoms with Gasteiger partial charge in [-0.1, -0.05) is 35.9 Å². The van der Waals surface area contributed by atoms with E-state index in [1.54, 1.807) is 24.3 Å². The van der Waals surface area contributed by atoms with Crippen LogP contribution >= 0.6 is 0 Å². The lowest BCUT2D eigenvalue weighted by atomic mass is 10.1. The van der Waals surface area contributed by atoms with Crippen molar-refractivity contribution in [1.29, 1.82) is 0 Å². The van der Waals surface area contributed by atoms with Crippen LogP contribution in [0.3, 0.4) is 0 Å². The Kier molecular flexibility index (Phi) is 7.88. The van der Waals surface area contributed by atoms with E-state index in [4.69, 9.17) is 13.9 Å². The van der Waals surface area contributed by atoms with Crippen molar-refractivity contribution in [3.8, 4) is 17.0 Å². The van der Waals surface area contributed by atoms with Gasteiger partial charge in [0.05, 0.1) is 22.7 Å². The number of aliphatic hydroxyl groups is 1. The van der Waals surface area contributed by atoms with Crippen LogP contribution in [0.4, 0.5) is 5.69 Å². The fourth-order valence-corrected chi connectivity index (χ4v) is 4.59. The number of aryl methyl sites for hydroxylation is 1. The van der Waals surface area contributed by atoms with E-state index in [-0.39, 0.29) is 11.5 Å². The van der Waals surface area contributed by atoms with Gasteiger partial charge in [-0.25, -0.2) is 4.98 Å². The van der Waals surface area contributed by atoms with Gasteiger partial charge in [0.15, 0.2) is 0 Å². The maximum absolute atomic E-state index is 12.5. The summed E-state index contributed by atoms with van der Waals surface area (Å²) in [4.78, 5) is 7.00. The molecular weight excluding hydrogens is 476 g/mol. The fourth-order valence-electron chi connectivity index (χ4n) is 3.66. The molecule has 1 unspecified atom stereocenters. The summed E-state index contributed by atoms with van der Waals surface area (Å²) in [5.74, 6) is 0.461. The molecule has 1 atom stereocenters. The molecule has 7 nitrogen and oxygen atoms in total. The first-order chi connectivity index (χ1) is 17.3. The molecule has 0 bridgehead atoms. The number of fused-ring (bicyclic) bond motifs is 1. The Labute approximate surface area is 212 Å². The van der Waals surface area contributed by atoms with E-state index in [9.17, 15) is 13.5 Å². The van der Waals surface area contributed by atoms with Crippen molar-refractivity contribution in [3.05, 3.63) is 84.4 Å². The van der Waals surface area contributed by atoms with Crippen LogP contribution < -0.4 is 9.64 Å². The summed E-state index contributed by atoms with van der Waals surface area (Å²) in [6.45, 7) is 4.17. The molecule has 3 aromatic carbocycles. The number of aliphatic hydroxyl groups excluding tert-OH is 1. The van der Waals surface area contributed by atoms with E-state index < -0.39 is 22.8 Å². The van der Waals surface area contributed by atoms with Crippen molar-refractivity contribution >= 4 is 26.7 Å². The maximum atomic E-state index is 12.5. The van der Waals surface area contributed by atoms with Gasteiger partial charge in [-0.15, -0.1) is 0 Å². The van der Waals surface area contributed by atoms with Crippen LogP contribution in [0.1, 0.15) is 12.5 Å². The Morgan fingerprint density at radius 2 is 1.67 bits per heavy atom. The Morgan fingerprint density at radius 3 is 2.33 bits per heavy atom. The summed E-state index contributed by atoms with van der Waals surface area (Å²) in [5.41, 5.74) is 4.64. The molecule has 1 heterocycles. The van der Waals surface area contributed by atoms with Crippen LogP contribution in [-0.4, -0.2) is 51.4 Å². The summed E-state index contributed by atoms with van der Waals surface area (Å²) in [6.07, 6.45) is -0.867. The molecule has 188 valence electrons. The molecule has 0 saturated heterocycles. The predicted molar refractivity (Wildman–Crippen MR) is 142 cm³/mol. The van der Waals surface area contributed by atoms with E-state index >= 15 is 0 Å². The number of aromatic nitrogens is 1. The van der Waals surface area contributed by atoms with Gasteiger partial charge >= 0.3 is 0 Å². The van der Waals surface area contributed by atoms with Crippen molar-refractivity contribution in [2.45, 2.75) is 24.8 Å². The van der Waals surface area contributed by atoms with Crippen LogP contribution in [-0.2, 0) is 14.3 Å². The maximum Gasteiger partial charge on any atom is 0.297 e. The number of anilines is 1. The van der Waals surface area contributed by atoms with Gasteiger partial charge < -0.3 is 14.7 Å². The van der Waals surface area contributed by atoms with Crippen LogP contribution in [0.15, 0.2) is 83.8 Å². The Morgan fingerprint density at radius 1 is 0.972 bits per heavy atom. The lowest BCUT2D eigenvalue weighted by molar-refractivity contribution is 0.0742. The van der Waals surface area contributed by atoms with Crippen LogP contribution in [0.2, 0.25) is 0 Å². The van der Waals surface area contributed by atoms with Gasteiger partial charge in [0.1, 0.15) is 18.5 Å². The lowest BCUT2D eigenvalue weighted by Gasteiger charge is -2.17. The topological polar surface area (TPSA) is 89.0 Å². The highest BCUT2D eigenvalue weighted by atomic mass is 32.2. The van der Waals surface area contributed by atoms with E-state index in [1.165, 1.54) is 12.1 Å². The highest BCUT2D eigenvalue weighted by Crippen LogP contribution is 2.26. The summed E-state index contributed by atoms with van der Waals surface area (Å²) in [5, 5.41) is 10.7. The highest BCUT2D eigenvalue weighted by molar-refractivity contribution is 7.86. The average molecular weight is 507 g/mol. The molecule has 0 aliphatic carbocycles. The largest absolute Gasteiger partial charge is 0.485 e. The zero-order chi connectivity index (χ0) is 25.7. The van der Waals surface area contributed by atoms with Gasteiger partial charge in [0.2, 0.25) is 0 Å². The molecular formula is C28H30N2O5S. The third-order valence-electron chi connectivity index (χ3n) is 5.97. The zero-order valence-electron chi connectivity index (χ0n) is 20.6. The number of pyridine rings is 1. The Balaban J connectivity index is 1.48. The SMILES string of the molecule is CCN(C)c1ccc(-c2ccc3ccc(OC(CO)COS(=O)(=O)c4ccc(C)cc4)cc3n2)cc1. The molecule has 1 aromatic heterocycles.